The quantitative estimate of drug-likeness (QED) is 0.676. The lowest BCUT2D eigenvalue weighted by atomic mass is 10.0. The normalized spacial score (nSPS) is 11.4. The third-order valence-corrected chi connectivity index (χ3v) is 3.60. The molecule has 1 aromatic heterocycles. The number of pyridine rings is 1. The number of benzene rings is 1. The van der Waals surface area contributed by atoms with Gasteiger partial charge in [-0.05, 0) is 48.1 Å². The number of halogens is 1. The van der Waals surface area contributed by atoms with Crippen molar-refractivity contribution in [1.82, 2.24) is 4.98 Å². The minimum absolute atomic E-state index is 0.411. The molecular weight excluding hydrogens is 242 g/mol. The number of fused-ring (bicyclic) bond motifs is 1. The fourth-order valence-electron chi connectivity index (χ4n) is 2.16. The Balaban J connectivity index is 2.44. The Morgan fingerprint density at radius 1 is 1.22 bits per heavy atom. The molecule has 0 radical (unpaired) electrons. The van der Waals surface area contributed by atoms with E-state index in [4.69, 9.17) is 11.6 Å². The van der Waals surface area contributed by atoms with Gasteiger partial charge in [-0.3, -0.25) is 0 Å². The lowest BCUT2D eigenvalue weighted by Gasteiger charge is -2.10. The van der Waals surface area contributed by atoms with Crippen LogP contribution in [0, 0.1) is 0 Å². The molecule has 2 rings (SSSR count). The maximum Gasteiger partial charge on any atom is 0.133 e. The van der Waals surface area contributed by atoms with Crippen molar-refractivity contribution in [2.75, 3.05) is 0 Å². The molecule has 0 N–H and O–H groups in total. The molecule has 0 fully saturated rings. The third-order valence-electron chi connectivity index (χ3n) is 3.30. The fraction of sp³-hybridized carbons (Fsp3) is 0.438. The summed E-state index contributed by atoms with van der Waals surface area (Å²) in [5, 5.41) is 1.84. The Morgan fingerprint density at radius 3 is 2.67 bits per heavy atom. The number of aromatic nitrogens is 1. The van der Waals surface area contributed by atoms with Gasteiger partial charge in [0.15, 0.2) is 0 Å². The largest absolute Gasteiger partial charge is 0.236 e. The van der Waals surface area contributed by atoms with Gasteiger partial charge in [0, 0.05) is 5.39 Å². The van der Waals surface area contributed by atoms with E-state index in [-0.39, 0.29) is 0 Å². The molecule has 0 amide bonds. The van der Waals surface area contributed by atoms with E-state index in [0.29, 0.717) is 11.1 Å². The fourth-order valence-corrected chi connectivity index (χ4v) is 2.52. The zero-order valence-corrected chi connectivity index (χ0v) is 12.1. The molecule has 0 atom stereocenters. The Kier molecular flexibility index (Phi) is 4.23. The molecule has 0 saturated heterocycles. The molecule has 0 bridgehead atoms. The van der Waals surface area contributed by atoms with E-state index in [1.54, 1.807) is 0 Å². The SMILES string of the molecule is CCCCc1ccc2nc(Cl)c(C(C)C)cc2c1. The van der Waals surface area contributed by atoms with Gasteiger partial charge in [-0.15, -0.1) is 0 Å². The molecule has 0 saturated carbocycles. The van der Waals surface area contributed by atoms with Crippen molar-refractivity contribution in [3.63, 3.8) is 0 Å². The monoisotopic (exact) mass is 261 g/mol. The van der Waals surface area contributed by atoms with E-state index in [9.17, 15) is 0 Å². The first-order chi connectivity index (χ1) is 8.61. The van der Waals surface area contributed by atoms with Crippen LogP contribution in [0.3, 0.4) is 0 Å². The van der Waals surface area contributed by atoms with Crippen molar-refractivity contribution in [3.05, 3.63) is 40.5 Å². The predicted octanol–water partition coefficient (Wildman–Crippen LogP) is 5.35. The number of hydrogen-bond acceptors (Lipinski definition) is 1. The molecule has 0 aliphatic rings. The standard InChI is InChI=1S/C16H20ClN/c1-4-5-6-12-7-8-15-13(9-12)10-14(11(2)3)16(17)18-15/h7-11H,4-6H2,1-3H3. The third kappa shape index (κ3) is 2.84. The minimum atomic E-state index is 0.411. The lowest BCUT2D eigenvalue weighted by molar-refractivity contribution is 0.796. The Labute approximate surface area is 114 Å². The lowest BCUT2D eigenvalue weighted by Crippen LogP contribution is -1.93. The number of nitrogens with zero attached hydrogens (tertiary/aromatic N) is 1. The molecule has 0 aliphatic carbocycles. The van der Waals surface area contributed by atoms with E-state index in [0.717, 1.165) is 17.5 Å². The average Bonchev–Trinajstić information content (AvgIpc) is 2.35. The van der Waals surface area contributed by atoms with Crippen LogP contribution in [-0.4, -0.2) is 4.98 Å². The second-order valence-corrected chi connectivity index (χ2v) is 5.51. The summed E-state index contributed by atoms with van der Waals surface area (Å²) in [4.78, 5) is 4.48. The zero-order chi connectivity index (χ0) is 13.1. The van der Waals surface area contributed by atoms with E-state index >= 15 is 0 Å². The number of hydrogen-bond donors (Lipinski definition) is 0. The van der Waals surface area contributed by atoms with Crippen LogP contribution in [0.15, 0.2) is 24.3 Å². The van der Waals surface area contributed by atoms with E-state index < -0.39 is 0 Å². The molecule has 1 aromatic carbocycles. The first kappa shape index (κ1) is 13.4. The van der Waals surface area contributed by atoms with Crippen LogP contribution in [0.25, 0.3) is 10.9 Å². The van der Waals surface area contributed by atoms with Crippen LogP contribution in [0.5, 0.6) is 0 Å². The van der Waals surface area contributed by atoms with Gasteiger partial charge in [0.1, 0.15) is 5.15 Å². The van der Waals surface area contributed by atoms with Crippen molar-refractivity contribution in [2.45, 2.75) is 46.0 Å². The number of rotatable bonds is 4. The van der Waals surface area contributed by atoms with Gasteiger partial charge in [-0.1, -0.05) is 44.9 Å². The molecule has 0 unspecified atom stereocenters. The molecular formula is C16H20ClN. The highest BCUT2D eigenvalue weighted by Gasteiger charge is 2.08. The summed E-state index contributed by atoms with van der Waals surface area (Å²) < 4.78 is 0. The molecule has 1 heterocycles. The molecule has 1 nitrogen and oxygen atoms in total. The molecule has 0 spiro atoms. The van der Waals surface area contributed by atoms with E-state index in [1.165, 1.54) is 23.8 Å². The summed E-state index contributed by atoms with van der Waals surface area (Å²) >= 11 is 6.21. The van der Waals surface area contributed by atoms with Crippen LogP contribution in [0.1, 0.15) is 50.7 Å². The van der Waals surface area contributed by atoms with Crippen LogP contribution < -0.4 is 0 Å². The van der Waals surface area contributed by atoms with Gasteiger partial charge in [0.2, 0.25) is 0 Å². The topological polar surface area (TPSA) is 12.9 Å². The van der Waals surface area contributed by atoms with Gasteiger partial charge in [-0.25, -0.2) is 4.98 Å². The Hall–Kier alpha value is -1.08. The maximum atomic E-state index is 6.21. The summed E-state index contributed by atoms with van der Waals surface area (Å²) in [6, 6.07) is 8.68. The zero-order valence-electron chi connectivity index (χ0n) is 11.3. The molecule has 0 aliphatic heterocycles. The van der Waals surface area contributed by atoms with Crippen molar-refractivity contribution in [1.29, 1.82) is 0 Å². The summed E-state index contributed by atoms with van der Waals surface area (Å²) in [6.45, 7) is 6.52. The summed E-state index contributed by atoms with van der Waals surface area (Å²) in [5.74, 6) is 0.411. The smallest absolute Gasteiger partial charge is 0.133 e. The summed E-state index contributed by atoms with van der Waals surface area (Å²) in [5.41, 5.74) is 3.52. The van der Waals surface area contributed by atoms with Crippen molar-refractivity contribution in [2.24, 2.45) is 0 Å². The molecule has 96 valence electrons. The summed E-state index contributed by atoms with van der Waals surface area (Å²) in [7, 11) is 0. The second-order valence-electron chi connectivity index (χ2n) is 5.15. The minimum Gasteiger partial charge on any atom is -0.236 e. The van der Waals surface area contributed by atoms with Gasteiger partial charge >= 0.3 is 0 Å². The van der Waals surface area contributed by atoms with Gasteiger partial charge < -0.3 is 0 Å². The molecule has 2 heteroatoms. The van der Waals surface area contributed by atoms with Crippen molar-refractivity contribution >= 4 is 22.5 Å². The predicted molar refractivity (Wildman–Crippen MR) is 79.5 cm³/mol. The van der Waals surface area contributed by atoms with Crippen LogP contribution in [0.4, 0.5) is 0 Å². The highest BCUT2D eigenvalue weighted by molar-refractivity contribution is 6.30. The van der Waals surface area contributed by atoms with Crippen LogP contribution in [-0.2, 0) is 6.42 Å². The Bertz CT molecular complexity index is 546. The average molecular weight is 262 g/mol. The van der Waals surface area contributed by atoms with Crippen molar-refractivity contribution < 1.29 is 0 Å². The van der Waals surface area contributed by atoms with Gasteiger partial charge in [0.05, 0.1) is 5.52 Å². The van der Waals surface area contributed by atoms with Gasteiger partial charge in [0.25, 0.3) is 0 Å². The first-order valence-electron chi connectivity index (χ1n) is 6.71. The molecule has 18 heavy (non-hydrogen) atoms. The van der Waals surface area contributed by atoms with Crippen molar-refractivity contribution in [3.8, 4) is 0 Å². The van der Waals surface area contributed by atoms with E-state index in [2.05, 4.69) is 50.0 Å². The number of aryl methyl sites for hydroxylation is 1. The summed E-state index contributed by atoms with van der Waals surface area (Å²) in [6.07, 6.45) is 3.61. The highest BCUT2D eigenvalue weighted by atomic mass is 35.5. The van der Waals surface area contributed by atoms with E-state index in [1.807, 2.05) is 0 Å². The number of unbranched alkanes of at least 4 members (excludes halogenated alkanes) is 1. The Morgan fingerprint density at radius 2 is 2.00 bits per heavy atom. The van der Waals surface area contributed by atoms with Crippen LogP contribution in [0.2, 0.25) is 5.15 Å². The molecule has 2 aromatic rings. The van der Waals surface area contributed by atoms with Crippen LogP contribution >= 0.6 is 11.6 Å². The maximum absolute atomic E-state index is 6.21. The highest BCUT2D eigenvalue weighted by Crippen LogP contribution is 2.27. The second kappa shape index (κ2) is 5.71. The first-order valence-corrected chi connectivity index (χ1v) is 7.08. The van der Waals surface area contributed by atoms with Gasteiger partial charge in [-0.2, -0.15) is 0 Å².